The molecule has 2 amide bonds. The van der Waals surface area contributed by atoms with Crippen molar-refractivity contribution in [3.8, 4) is 0 Å². The molecule has 1 heterocycles. The van der Waals surface area contributed by atoms with E-state index in [0.29, 0.717) is 11.4 Å². The number of amides is 2. The van der Waals surface area contributed by atoms with Gasteiger partial charge in [-0.1, -0.05) is 6.07 Å². The van der Waals surface area contributed by atoms with Gasteiger partial charge in [-0.15, -0.1) is 0 Å². The molecule has 27 heavy (non-hydrogen) atoms. The first-order valence-corrected chi connectivity index (χ1v) is 12.4. The number of nitrogens with one attached hydrogen (secondary N) is 1. The maximum atomic E-state index is 12.4. The van der Waals surface area contributed by atoms with Gasteiger partial charge >= 0.3 is 157 Å². The maximum absolute atomic E-state index is 12.4. The summed E-state index contributed by atoms with van der Waals surface area (Å²) in [6, 6.07) is 14.8. The van der Waals surface area contributed by atoms with E-state index >= 15 is 0 Å². The Morgan fingerprint density at radius 1 is 1.11 bits per heavy atom. The van der Waals surface area contributed by atoms with E-state index in [-0.39, 0.29) is 22.6 Å². The summed E-state index contributed by atoms with van der Waals surface area (Å²) in [4.78, 5) is 26.2. The third kappa shape index (κ3) is 4.93. The summed E-state index contributed by atoms with van der Waals surface area (Å²) in [5.41, 5.74) is 1.92. The van der Waals surface area contributed by atoms with E-state index in [1.807, 2.05) is 35.7 Å². The summed E-state index contributed by atoms with van der Waals surface area (Å²) in [6.07, 6.45) is 0. The molecule has 2 aromatic rings. The molecule has 140 valence electrons. The molecule has 7 nitrogen and oxygen atoms in total. The van der Waals surface area contributed by atoms with Crippen LogP contribution in [0, 0.1) is 0 Å². The van der Waals surface area contributed by atoms with Crippen molar-refractivity contribution in [2.45, 2.75) is 0 Å². The summed E-state index contributed by atoms with van der Waals surface area (Å²) in [5, 5.41) is 4.51. The first-order chi connectivity index (χ1) is 12.8. The fraction of sp³-hybridized carbons (Fsp3) is 0.111. The molecule has 3 N–H and O–H groups in total. The quantitative estimate of drug-likeness (QED) is 0.584. The predicted molar refractivity (Wildman–Crippen MR) is 104 cm³/mol. The molecule has 1 aliphatic heterocycles. The van der Waals surface area contributed by atoms with E-state index in [9.17, 15) is 21.5 Å². The van der Waals surface area contributed by atoms with Crippen molar-refractivity contribution in [1.82, 2.24) is 4.90 Å². The predicted octanol–water partition coefficient (Wildman–Crippen LogP) is 0.760. The SMILES string of the molecule is O=C(CN1C(=O)CSC=C1c1ccccc1)Nc1ccc([As](=O)(O)O)cc1. The molecule has 0 saturated carbocycles. The van der Waals surface area contributed by atoms with Crippen LogP contribution in [-0.2, 0) is 13.3 Å². The number of hydrogen-bond donors (Lipinski definition) is 3. The van der Waals surface area contributed by atoms with Gasteiger partial charge in [-0.25, -0.2) is 0 Å². The van der Waals surface area contributed by atoms with Crippen LogP contribution in [0.25, 0.3) is 5.70 Å². The molecule has 0 spiro atoms. The monoisotopic (exact) mass is 448 g/mol. The Bertz CT molecular complexity index is 925. The number of hydrogen-bond acceptors (Lipinski definition) is 4. The van der Waals surface area contributed by atoms with E-state index in [0.717, 1.165) is 5.56 Å². The van der Waals surface area contributed by atoms with Crippen LogP contribution in [-0.4, -0.2) is 51.4 Å². The van der Waals surface area contributed by atoms with E-state index < -0.39 is 20.1 Å². The average Bonchev–Trinajstić information content (AvgIpc) is 2.64. The molecular formula is C18H17AsN2O5S. The molecule has 0 fully saturated rings. The number of rotatable bonds is 5. The van der Waals surface area contributed by atoms with Crippen molar-refractivity contribution in [3.63, 3.8) is 0 Å². The van der Waals surface area contributed by atoms with E-state index in [2.05, 4.69) is 5.32 Å². The van der Waals surface area contributed by atoms with Crippen molar-refractivity contribution >= 4 is 53.5 Å². The summed E-state index contributed by atoms with van der Waals surface area (Å²) >= 11 is -3.56. The third-order valence-electron chi connectivity index (χ3n) is 3.85. The minimum atomic E-state index is -4.95. The normalized spacial score (nSPS) is 14.7. The zero-order valence-corrected chi connectivity index (χ0v) is 16.8. The molecule has 1 aliphatic rings. The molecule has 0 aromatic heterocycles. The zero-order valence-electron chi connectivity index (χ0n) is 14.1. The van der Waals surface area contributed by atoms with Gasteiger partial charge in [-0.3, -0.25) is 0 Å². The number of carbonyl (C=O) groups excluding carboxylic acids is 2. The Hall–Kier alpha value is -2.25. The van der Waals surface area contributed by atoms with Crippen LogP contribution in [0.1, 0.15) is 5.56 Å². The van der Waals surface area contributed by atoms with Crippen LogP contribution in [0.4, 0.5) is 5.69 Å². The Morgan fingerprint density at radius 2 is 1.78 bits per heavy atom. The van der Waals surface area contributed by atoms with Crippen molar-refractivity contribution < 1.29 is 21.5 Å². The van der Waals surface area contributed by atoms with E-state index in [4.69, 9.17) is 0 Å². The zero-order chi connectivity index (χ0) is 19.4. The Morgan fingerprint density at radius 3 is 2.41 bits per heavy atom. The van der Waals surface area contributed by atoms with Gasteiger partial charge in [0.15, 0.2) is 0 Å². The van der Waals surface area contributed by atoms with Crippen LogP contribution in [0.15, 0.2) is 60.0 Å². The Labute approximate surface area is 163 Å². The van der Waals surface area contributed by atoms with Crippen molar-refractivity contribution in [3.05, 3.63) is 65.6 Å². The second-order valence-corrected chi connectivity index (χ2v) is 10.0. The molecule has 0 bridgehead atoms. The molecule has 0 atom stereocenters. The summed E-state index contributed by atoms with van der Waals surface area (Å²) < 4.78 is 29.5. The number of benzene rings is 2. The van der Waals surface area contributed by atoms with Crippen LogP contribution < -0.4 is 9.67 Å². The van der Waals surface area contributed by atoms with Gasteiger partial charge in [-0.05, 0) is 0 Å². The fourth-order valence-corrected chi connectivity index (χ4v) is 4.49. The molecule has 9 heteroatoms. The molecule has 0 saturated heterocycles. The molecule has 3 rings (SSSR count). The number of nitrogens with zero attached hydrogens (tertiary/aromatic N) is 1. The molecular weight excluding hydrogens is 431 g/mol. The molecule has 0 aliphatic carbocycles. The first-order valence-electron chi connectivity index (χ1n) is 7.98. The van der Waals surface area contributed by atoms with Crippen LogP contribution >= 0.6 is 11.8 Å². The van der Waals surface area contributed by atoms with Gasteiger partial charge in [0.05, 0.1) is 0 Å². The first kappa shape index (κ1) is 19.5. The third-order valence-corrected chi connectivity index (χ3v) is 6.69. The van der Waals surface area contributed by atoms with Crippen molar-refractivity contribution in [2.24, 2.45) is 0 Å². The minimum absolute atomic E-state index is 0.0661. The van der Waals surface area contributed by atoms with Crippen molar-refractivity contribution in [1.29, 1.82) is 0 Å². The van der Waals surface area contributed by atoms with Gasteiger partial charge < -0.3 is 0 Å². The number of carbonyl (C=O) groups is 2. The Balaban J connectivity index is 1.72. The second kappa shape index (κ2) is 8.19. The van der Waals surface area contributed by atoms with Crippen LogP contribution in [0.3, 0.4) is 0 Å². The van der Waals surface area contributed by atoms with Crippen LogP contribution in [0.2, 0.25) is 0 Å². The summed E-state index contributed by atoms with van der Waals surface area (Å²) in [5.74, 6) is -0.287. The standard InChI is InChI=1S/C18H17AsN2O5S/c22-17(20-15-8-6-14(7-9-15)19(24,25)26)10-21-16(11-27-12-18(21)23)13-4-2-1-3-5-13/h1-9,11H,10,12H2,(H,20,22)(H2,24,25,26). The summed E-state index contributed by atoms with van der Waals surface area (Å²) in [6.45, 7) is -0.149. The van der Waals surface area contributed by atoms with Crippen molar-refractivity contribution in [2.75, 3.05) is 17.6 Å². The van der Waals surface area contributed by atoms with Gasteiger partial charge in [0.2, 0.25) is 0 Å². The van der Waals surface area contributed by atoms with Crippen LogP contribution in [0.5, 0.6) is 0 Å². The van der Waals surface area contributed by atoms with Gasteiger partial charge in [0, 0.05) is 0 Å². The number of thioether (sulfide) groups is 1. The van der Waals surface area contributed by atoms with E-state index in [1.165, 1.54) is 40.9 Å². The number of anilines is 1. The Kier molecular flexibility index (Phi) is 5.91. The van der Waals surface area contributed by atoms with Gasteiger partial charge in [-0.2, -0.15) is 0 Å². The summed E-state index contributed by atoms with van der Waals surface area (Å²) in [7, 11) is 0. The molecule has 2 aromatic carbocycles. The van der Waals surface area contributed by atoms with E-state index in [1.54, 1.807) is 0 Å². The van der Waals surface area contributed by atoms with Gasteiger partial charge in [0.1, 0.15) is 0 Å². The average molecular weight is 448 g/mol. The second-order valence-electron chi connectivity index (χ2n) is 5.80. The topological polar surface area (TPSA) is 107 Å². The fourth-order valence-electron chi connectivity index (χ4n) is 2.56. The molecule has 0 radical (unpaired) electrons. The van der Waals surface area contributed by atoms with Gasteiger partial charge in [0.25, 0.3) is 0 Å². The molecule has 0 unspecified atom stereocenters.